The van der Waals surface area contributed by atoms with Gasteiger partial charge in [-0.2, -0.15) is 0 Å². The number of rotatable bonds is 9. The van der Waals surface area contributed by atoms with Crippen molar-refractivity contribution in [3.8, 4) is 17.1 Å². The predicted molar refractivity (Wildman–Crippen MR) is 105 cm³/mol. The van der Waals surface area contributed by atoms with Gasteiger partial charge in [0.25, 0.3) is 0 Å². The summed E-state index contributed by atoms with van der Waals surface area (Å²) in [6.07, 6.45) is 0.918. The van der Waals surface area contributed by atoms with E-state index >= 15 is 0 Å². The molecule has 1 N–H and O–H groups in total. The Kier molecular flexibility index (Phi) is 7.50. The molecule has 2 rings (SSSR count). The highest BCUT2D eigenvalue weighted by molar-refractivity contribution is 7.99. The van der Waals surface area contributed by atoms with Gasteiger partial charge in [0.1, 0.15) is 5.75 Å². The van der Waals surface area contributed by atoms with Crippen molar-refractivity contribution < 1.29 is 9.53 Å². The van der Waals surface area contributed by atoms with Gasteiger partial charge in [-0.05, 0) is 43.5 Å². The molecule has 0 aliphatic heterocycles. The molecule has 0 saturated heterocycles. The van der Waals surface area contributed by atoms with Gasteiger partial charge in [-0.15, -0.1) is 10.2 Å². The SMILES string of the molecule is CC[C@@H](C)NC(=O)CSc1nnc(-c2ccc(OC)cc2)n1CC(C)C. The molecular weight excluding hydrogens is 348 g/mol. The first-order valence-corrected chi connectivity index (χ1v) is 9.92. The summed E-state index contributed by atoms with van der Waals surface area (Å²) < 4.78 is 7.31. The normalized spacial score (nSPS) is 12.2. The van der Waals surface area contributed by atoms with Crippen LogP contribution in [0.25, 0.3) is 11.4 Å². The standard InChI is InChI=1S/C19H28N4O2S/c1-6-14(4)20-17(24)12-26-19-22-21-18(23(19)11-13(2)3)15-7-9-16(25-5)10-8-15/h7-10,13-14H,6,11-12H2,1-5H3,(H,20,24)/t14-/m1/s1. The molecule has 0 radical (unpaired) electrons. The molecule has 0 unspecified atom stereocenters. The van der Waals surface area contributed by atoms with Gasteiger partial charge >= 0.3 is 0 Å². The van der Waals surface area contributed by atoms with Crippen molar-refractivity contribution in [3.63, 3.8) is 0 Å². The fraction of sp³-hybridized carbons (Fsp3) is 0.526. The maximum atomic E-state index is 12.1. The number of thioether (sulfide) groups is 1. The minimum Gasteiger partial charge on any atom is -0.497 e. The van der Waals surface area contributed by atoms with E-state index in [2.05, 4.69) is 40.9 Å². The van der Waals surface area contributed by atoms with Gasteiger partial charge in [0.2, 0.25) is 5.91 Å². The van der Waals surface area contributed by atoms with Crippen molar-refractivity contribution >= 4 is 17.7 Å². The number of methoxy groups -OCH3 is 1. The van der Waals surface area contributed by atoms with Gasteiger partial charge < -0.3 is 14.6 Å². The average Bonchev–Trinajstić information content (AvgIpc) is 3.01. The smallest absolute Gasteiger partial charge is 0.230 e. The minimum atomic E-state index is 0.0226. The van der Waals surface area contributed by atoms with Gasteiger partial charge in [-0.1, -0.05) is 32.5 Å². The topological polar surface area (TPSA) is 69.0 Å². The Morgan fingerprint density at radius 1 is 1.23 bits per heavy atom. The van der Waals surface area contributed by atoms with E-state index in [0.29, 0.717) is 11.7 Å². The highest BCUT2D eigenvalue weighted by Gasteiger charge is 2.17. The van der Waals surface area contributed by atoms with Crippen molar-refractivity contribution in [1.82, 2.24) is 20.1 Å². The van der Waals surface area contributed by atoms with Gasteiger partial charge in [0.05, 0.1) is 12.9 Å². The third-order valence-corrected chi connectivity index (χ3v) is 4.93. The molecule has 1 heterocycles. The molecule has 1 aromatic carbocycles. The third kappa shape index (κ3) is 5.49. The third-order valence-electron chi connectivity index (χ3n) is 3.96. The summed E-state index contributed by atoms with van der Waals surface area (Å²) in [5, 5.41) is 12.4. The summed E-state index contributed by atoms with van der Waals surface area (Å²) in [7, 11) is 1.65. The maximum absolute atomic E-state index is 12.1. The van der Waals surface area contributed by atoms with E-state index in [1.54, 1.807) is 7.11 Å². The molecule has 1 atom stereocenters. The largest absolute Gasteiger partial charge is 0.497 e. The van der Waals surface area contributed by atoms with Gasteiger partial charge in [0.15, 0.2) is 11.0 Å². The first-order valence-electron chi connectivity index (χ1n) is 8.94. The number of ether oxygens (including phenoxy) is 1. The zero-order chi connectivity index (χ0) is 19.1. The monoisotopic (exact) mass is 376 g/mol. The summed E-state index contributed by atoms with van der Waals surface area (Å²) in [5.74, 6) is 2.42. The van der Waals surface area contributed by atoms with Crippen LogP contribution in [0.4, 0.5) is 0 Å². The van der Waals surface area contributed by atoms with E-state index in [0.717, 1.165) is 35.3 Å². The number of carbonyl (C=O) groups excluding carboxylic acids is 1. The van der Waals surface area contributed by atoms with Gasteiger partial charge in [-0.25, -0.2) is 0 Å². The van der Waals surface area contributed by atoms with Crippen LogP contribution in [0.3, 0.4) is 0 Å². The summed E-state index contributed by atoms with van der Waals surface area (Å²) >= 11 is 1.43. The molecule has 6 nitrogen and oxygen atoms in total. The summed E-state index contributed by atoms with van der Waals surface area (Å²) in [5.41, 5.74) is 0.981. The number of nitrogens with one attached hydrogen (secondary N) is 1. The van der Waals surface area contributed by atoms with E-state index in [9.17, 15) is 4.79 Å². The molecule has 1 amide bonds. The Morgan fingerprint density at radius 3 is 2.50 bits per heavy atom. The van der Waals surface area contributed by atoms with Crippen LogP contribution in [0.5, 0.6) is 5.75 Å². The maximum Gasteiger partial charge on any atom is 0.230 e. The lowest BCUT2D eigenvalue weighted by Crippen LogP contribution is -2.33. The second kappa shape index (κ2) is 9.62. The molecule has 7 heteroatoms. The fourth-order valence-corrected chi connectivity index (χ4v) is 3.19. The van der Waals surface area contributed by atoms with Crippen molar-refractivity contribution in [2.75, 3.05) is 12.9 Å². The Hall–Kier alpha value is -2.02. The number of benzene rings is 1. The molecule has 0 aliphatic rings. The van der Waals surface area contributed by atoms with Crippen LogP contribution in [0.1, 0.15) is 34.1 Å². The molecule has 0 fully saturated rings. The molecule has 142 valence electrons. The van der Waals surface area contributed by atoms with E-state index in [4.69, 9.17) is 4.74 Å². The molecule has 0 spiro atoms. The lowest BCUT2D eigenvalue weighted by molar-refractivity contribution is -0.119. The zero-order valence-electron chi connectivity index (χ0n) is 16.2. The lowest BCUT2D eigenvalue weighted by Gasteiger charge is -2.13. The molecule has 2 aromatic rings. The molecule has 1 aromatic heterocycles. The van der Waals surface area contributed by atoms with Crippen LogP contribution in [-0.2, 0) is 11.3 Å². The van der Waals surface area contributed by atoms with E-state index in [-0.39, 0.29) is 11.9 Å². The second-order valence-corrected chi connectivity index (χ2v) is 7.65. The fourth-order valence-electron chi connectivity index (χ4n) is 2.43. The summed E-state index contributed by atoms with van der Waals surface area (Å²) in [4.78, 5) is 12.1. The lowest BCUT2D eigenvalue weighted by atomic mass is 10.2. The van der Waals surface area contributed by atoms with Gasteiger partial charge in [0, 0.05) is 18.2 Å². The van der Waals surface area contributed by atoms with Crippen LogP contribution in [0, 0.1) is 5.92 Å². The van der Waals surface area contributed by atoms with Crippen LogP contribution in [0.2, 0.25) is 0 Å². The van der Waals surface area contributed by atoms with E-state index in [1.807, 2.05) is 31.2 Å². The number of aromatic nitrogens is 3. The highest BCUT2D eigenvalue weighted by Crippen LogP contribution is 2.26. The zero-order valence-corrected chi connectivity index (χ0v) is 17.0. The Morgan fingerprint density at radius 2 is 1.92 bits per heavy atom. The van der Waals surface area contributed by atoms with Crippen LogP contribution in [-0.4, -0.2) is 39.6 Å². The molecule has 26 heavy (non-hydrogen) atoms. The highest BCUT2D eigenvalue weighted by atomic mass is 32.2. The number of carbonyl (C=O) groups is 1. The van der Waals surface area contributed by atoms with Crippen LogP contribution >= 0.6 is 11.8 Å². The van der Waals surface area contributed by atoms with E-state index < -0.39 is 0 Å². The molecule has 0 saturated carbocycles. The molecule has 0 bridgehead atoms. The van der Waals surface area contributed by atoms with Crippen LogP contribution in [0.15, 0.2) is 29.4 Å². The minimum absolute atomic E-state index is 0.0226. The summed E-state index contributed by atoms with van der Waals surface area (Å²) in [6.45, 7) is 9.16. The Bertz CT molecular complexity index is 713. The number of hydrogen-bond acceptors (Lipinski definition) is 5. The molecule has 0 aliphatic carbocycles. The predicted octanol–water partition coefficient (Wildman–Crippen LogP) is 3.62. The first kappa shape index (κ1) is 20.3. The van der Waals surface area contributed by atoms with Crippen molar-refractivity contribution in [2.45, 2.75) is 51.9 Å². The Balaban J connectivity index is 2.18. The molecular formula is C19H28N4O2S. The average molecular weight is 377 g/mol. The number of amides is 1. The quantitative estimate of drug-likeness (QED) is 0.677. The van der Waals surface area contributed by atoms with Crippen molar-refractivity contribution in [1.29, 1.82) is 0 Å². The first-order chi connectivity index (χ1) is 12.4. The second-order valence-electron chi connectivity index (χ2n) is 6.70. The Labute approximate surface area is 159 Å². The van der Waals surface area contributed by atoms with Crippen molar-refractivity contribution in [3.05, 3.63) is 24.3 Å². The van der Waals surface area contributed by atoms with Crippen LogP contribution < -0.4 is 10.1 Å². The summed E-state index contributed by atoms with van der Waals surface area (Å²) in [6, 6.07) is 7.96. The van der Waals surface area contributed by atoms with Gasteiger partial charge in [-0.3, -0.25) is 4.79 Å². The number of hydrogen-bond donors (Lipinski definition) is 1. The number of nitrogens with zero attached hydrogens (tertiary/aromatic N) is 3. The van der Waals surface area contributed by atoms with Crippen molar-refractivity contribution in [2.24, 2.45) is 5.92 Å². The van der Waals surface area contributed by atoms with E-state index in [1.165, 1.54) is 11.8 Å².